The van der Waals surface area contributed by atoms with E-state index < -0.39 is 0 Å². The molecule has 0 aliphatic heterocycles. The summed E-state index contributed by atoms with van der Waals surface area (Å²) in [6, 6.07) is 13.9. The maximum Gasteiger partial charge on any atom is 0.203 e. The molecular weight excluding hydrogens is 358 g/mol. The van der Waals surface area contributed by atoms with Crippen LogP contribution in [0.25, 0.3) is 0 Å². The van der Waals surface area contributed by atoms with Crippen molar-refractivity contribution in [1.82, 2.24) is 10.6 Å². The van der Waals surface area contributed by atoms with Crippen LogP contribution in [0.2, 0.25) is 0 Å². The number of nitrogens with one attached hydrogen (secondary N) is 2. The zero-order valence-corrected chi connectivity index (χ0v) is 17.1. The molecule has 0 spiro atoms. The molecule has 7 heteroatoms. The second-order valence-electron chi connectivity index (χ2n) is 5.98. The molecule has 0 aliphatic rings. The van der Waals surface area contributed by atoms with E-state index in [-0.39, 0.29) is 6.10 Å². The Labute approximate surface area is 166 Å². The highest BCUT2D eigenvalue weighted by Crippen LogP contribution is 2.38. The number of benzene rings is 2. The molecule has 2 rings (SSSR count). The molecule has 2 aromatic carbocycles. The molecule has 1 unspecified atom stereocenters. The molecule has 0 aromatic heterocycles. The third-order valence-electron chi connectivity index (χ3n) is 4.32. The first-order valence-corrected chi connectivity index (χ1v) is 8.97. The van der Waals surface area contributed by atoms with Gasteiger partial charge in [-0.1, -0.05) is 30.3 Å². The first kappa shape index (κ1) is 21.4. The van der Waals surface area contributed by atoms with Crippen molar-refractivity contribution in [3.8, 4) is 17.2 Å². The van der Waals surface area contributed by atoms with E-state index in [1.165, 1.54) is 0 Å². The van der Waals surface area contributed by atoms with E-state index in [2.05, 4.69) is 15.6 Å². The fourth-order valence-electron chi connectivity index (χ4n) is 2.84. The van der Waals surface area contributed by atoms with Gasteiger partial charge < -0.3 is 29.6 Å². The SMILES string of the molecule is CN=C(NCc1cc(OC)c(OC)c(OC)c1)NCC(OC)c1ccccc1. The summed E-state index contributed by atoms with van der Waals surface area (Å²) in [7, 11) is 8.22. The molecule has 28 heavy (non-hydrogen) atoms. The van der Waals surface area contributed by atoms with Crippen molar-refractivity contribution in [3.63, 3.8) is 0 Å². The summed E-state index contributed by atoms with van der Waals surface area (Å²) in [6.07, 6.45) is -0.0686. The molecule has 0 heterocycles. The number of guanidine groups is 1. The molecule has 152 valence electrons. The topological polar surface area (TPSA) is 73.3 Å². The highest BCUT2D eigenvalue weighted by atomic mass is 16.5. The monoisotopic (exact) mass is 387 g/mol. The maximum absolute atomic E-state index is 5.59. The molecule has 0 saturated carbocycles. The lowest BCUT2D eigenvalue weighted by atomic mass is 10.1. The Hall–Kier alpha value is -2.93. The molecule has 0 radical (unpaired) electrons. The molecule has 2 N–H and O–H groups in total. The fourth-order valence-corrected chi connectivity index (χ4v) is 2.84. The van der Waals surface area contributed by atoms with Crippen molar-refractivity contribution < 1.29 is 18.9 Å². The summed E-state index contributed by atoms with van der Waals surface area (Å²) in [5.74, 6) is 2.48. The van der Waals surface area contributed by atoms with Crippen LogP contribution in [0.4, 0.5) is 0 Å². The zero-order chi connectivity index (χ0) is 20.4. The van der Waals surface area contributed by atoms with Crippen LogP contribution < -0.4 is 24.8 Å². The molecule has 0 bridgehead atoms. The Morgan fingerprint density at radius 1 is 0.929 bits per heavy atom. The van der Waals surface area contributed by atoms with Crippen LogP contribution in [0.5, 0.6) is 17.2 Å². The van der Waals surface area contributed by atoms with Crippen molar-refractivity contribution in [2.45, 2.75) is 12.6 Å². The summed E-state index contributed by atoms with van der Waals surface area (Å²) in [5.41, 5.74) is 2.08. The van der Waals surface area contributed by atoms with Gasteiger partial charge in [0.25, 0.3) is 0 Å². The van der Waals surface area contributed by atoms with Gasteiger partial charge in [0.05, 0.1) is 27.4 Å². The summed E-state index contributed by atoms with van der Waals surface area (Å²) < 4.78 is 21.7. The molecule has 7 nitrogen and oxygen atoms in total. The van der Waals surface area contributed by atoms with E-state index in [4.69, 9.17) is 18.9 Å². The van der Waals surface area contributed by atoms with Crippen LogP contribution in [0.1, 0.15) is 17.2 Å². The van der Waals surface area contributed by atoms with Gasteiger partial charge >= 0.3 is 0 Å². The van der Waals surface area contributed by atoms with Gasteiger partial charge in [0, 0.05) is 27.2 Å². The van der Waals surface area contributed by atoms with Crippen LogP contribution in [0.15, 0.2) is 47.5 Å². The molecule has 1 atom stereocenters. The van der Waals surface area contributed by atoms with Gasteiger partial charge in [0.15, 0.2) is 17.5 Å². The number of aliphatic imine (C=N–C) groups is 1. The first-order chi connectivity index (χ1) is 13.7. The Kier molecular flexibility index (Phi) is 8.42. The maximum atomic E-state index is 5.59. The third kappa shape index (κ3) is 5.53. The van der Waals surface area contributed by atoms with Crippen molar-refractivity contribution in [2.24, 2.45) is 4.99 Å². The lowest BCUT2D eigenvalue weighted by Gasteiger charge is -2.19. The third-order valence-corrected chi connectivity index (χ3v) is 4.32. The minimum atomic E-state index is -0.0686. The number of rotatable bonds is 9. The average molecular weight is 387 g/mol. The second kappa shape index (κ2) is 11.0. The minimum absolute atomic E-state index is 0.0686. The van der Waals surface area contributed by atoms with E-state index in [0.717, 1.165) is 11.1 Å². The van der Waals surface area contributed by atoms with Gasteiger partial charge in [-0.25, -0.2) is 0 Å². The van der Waals surface area contributed by atoms with Crippen LogP contribution in [-0.2, 0) is 11.3 Å². The van der Waals surface area contributed by atoms with E-state index in [1.54, 1.807) is 35.5 Å². The quantitative estimate of drug-likeness (QED) is 0.509. The number of hydrogen-bond donors (Lipinski definition) is 2. The minimum Gasteiger partial charge on any atom is -0.493 e. The van der Waals surface area contributed by atoms with E-state index in [0.29, 0.717) is 36.3 Å². The number of methoxy groups -OCH3 is 4. The summed E-state index contributed by atoms with van der Waals surface area (Å²) in [6.45, 7) is 1.13. The smallest absolute Gasteiger partial charge is 0.203 e. The Morgan fingerprint density at radius 2 is 1.57 bits per heavy atom. The summed E-state index contributed by atoms with van der Waals surface area (Å²) in [4.78, 5) is 4.27. The molecule has 0 saturated heterocycles. The predicted octanol–water partition coefficient (Wildman–Crippen LogP) is 2.77. The largest absolute Gasteiger partial charge is 0.493 e. The van der Waals surface area contributed by atoms with Gasteiger partial charge in [-0.15, -0.1) is 0 Å². The Bertz CT molecular complexity index is 740. The van der Waals surface area contributed by atoms with Crippen molar-refractivity contribution >= 4 is 5.96 Å². The molecular formula is C21H29N3O4. The first-order valence-electron chi connectivity index (χ1n) is 8.97. The highest BCUT2D eigenvalue weighted by molar-refractivity contribution is 5.79. The Balaban J connectivity index is 2.00. The van der Waals surface area contributed by atoms with Crippen molar-refractivity contribution in [1.29, 1.82) is 0 Å². The lowest BCUT2D eigenvalue weighted by molar-refractivity contribution is 0.106. The van der Waals surface area contributed by atoms with E-state index >= 15 is 0 Å². The van der Waals surface area contributed by atoms with Gasteiger partial charge in [-0.2, -0.15) is 0 Å². The predicted molar refractivity (Wildman–Crippen MR) is 110 cm³/mol. The van der Waals surface area contributed by atoms with Gasteiger partial charge in [0.2, 0.25) is 5.75 Å². The normalized spacial score (nSPS) is 12.2. The summed E-state index contributed by atoms with van der Waals surface area (Å²) >= 11 is 0. The van der Waals surface area contributed by atoms with Crippen molar-refractivity contribution in [3.05, 3.63) is 53.6 Å². The van der Waals surface area contributed by atoms with Crippen LogP contribution >= 0.6 is 0 Å². The molecule has 2 aromatic rings. The average Bonchev–Trinajstić information content (AvgIpc) is 2.75. The fraction of sp³-hybridized carbons (Fsp3) is 0.381. The molecule has 0 fully saturated rings. The van der Waals surface area contributed by atoms with E-state index in [1.807, 2.05) is 42.5 Å². The molecule has 0 amide bonds. The van der Waals surface area contributed by atoms with Gasteiger partial charge in [-0.3, -0.25) is 4.99 Å². The second-order valence-corrected chi connectivity index (χ2v) is 5.98. The van der Waals surface area contributed by atoms with Gasteiger partial charge in [-0.05, 0) is 23.3 Å². The summed E-state index contributed by atoms with van der Waals surface area (Å²) in [5, 5.41) is 6.58. The van der Waals surface area contributed by atoms with Crippen LogP contribution in [0, 0.1) is 0 Å². The standard InChI is InChI=1S/C21H29N3O4/c1-22-21(24-14-19(27-4)16-9-7-6-8-10-16)23-13-15-11-17(25-2)20(28-5)18(12-15)26-3/h6-12,19H,13-14H2,1-5H3,(H2,22,23,24). The number of ether oxygens (including phenoxy) is 4. The van der Waals surface area contributed by atoms with Crippen molar-refractivity contribution in [2.75, 3.05) is 42.0 Å². The molecule has 0 aliphatic carbocycles. The van der Waals surface area contributed by atoms with Crippen LogP contribution in [-0.4, -0.2) is 48.0 Å². The van der Waals surface area contributed by atoms with Crippen LogP contribution in [0.3, 0.4) is 0 Å². The number of hydrogen-bond acceptors (Lipinski definition) is 5. The Morgan fingerprint density at radius 3 is 2.07 bits per heavy atom. The van der Waals surface area contributed by atoms with E-state index in [9.17, 15) is 0 Å². The van der Waals surface area contributed by atoms with Gasteiger partial charge in [0.1, 0.15) is 0 Å². The lowest BCUT2D eigenvalue weighted by Crippen LogP contribution is -2.39. The number of nitrogens with zero attached hydrogens (tertiary/aromatic N) is 1. The zero-order valence-electron chi connectivity index (χ0n) is 17.1. The highest BCUT2D eigenvalue weighted by Gasteiger charge is 2.14.